The molecular formula is C23H16F4N2O3. The van der Waals surface area contributed by atoms with Crippen LogP contribution in [0.2, 0.25) is 0 Å². The molecule has 1 unspecified atom stereocenters. The second-order valence-electron chi connectivity index (χ2n) is 7.27. The molecule has 4 rings (SSSR count). The predicted molar refractivity (Wildman–Crippen MR) is 105 cm³/mol. The number of carbonyl (C=O) groups is 2. The number of carbonyl (C=O) groups excluding carboxylic acids is 2. The number of rotatable bonds is 5. The van der Waals surface area contributed by atoms with Crippen LogP contribution in [-0.4, -0.2) is 23.4 Å². The molecule has 3 aromatic rings. The van der Waals surface area contributed by atoms with E-state index in [1.54, 1.807) is 30.3 Å². The summed E-state index contributed by atoms with van der Waals surface area (Å²) in [5.74, 6) is -5.62. The van der Waals surface area contributed by atoms with Gasteiger partial charge in [0.15, 0.2) is 28.9 Å². The number of nitrogens with zero attached hydrogens (tertiary/aromatic N) is 1. The van der Waals surface area contributed by atoms with Gasteiger partial charge in [-0.1, -0.05) is 42.5 Å². The average molecular weight is 444 g/mol. The molecule has 0 saturated carbocycles. The number of primary amides is 1. The number of cyclic esters (lactones) is 1. The van der Waals surface area contributed by atoms with E-state index < -0.39 is 53.5 Å². The van der Waals surface area contributed by atoms with Crippen molar-refractivity contribution in [3.8, 4) is 0 Å². The summed E-state index contributed by atoms with van der Waals surface area (Å²) in [4.78, 5) is 25.6. The normalized spacial score (nSPS) is 17.3. The zero-order valence-corrected chi connectivity index (χ0v) is 16.4. The maximum absolute atomic E-state index is 14.3. The van der Waals surface area contributed by atoms with E-state index in [1.165, 1.54) is 12.1 Å². The summed E-state index contributed by atoms with van der Waals surface area (Å²) in [5, 5.41) is 0. The van der Waals surface area contributed by atoms with Crippen molar-refractivity contribution in [3.63, 3.8) is 0 Å². The summed E-state index contributed by atoms with van der Waals surface area (Å²) in [6.45, 7) is -0.562. The van der Waals surface area contributed by atoms with Crippen molar-refractivity contribution in [1.29, 1.82) is 0 Å². The van der Waals surface area contributed by atoms with Crippen LogP contribution in [0.15, 0.2) is 66.7 Å². The van der Waals surface area contributed by atoms with Crippen molar-refractivity contribution < 1.29 is 31.9 Å². The summed E-state index contributed by atoms with van der Waals surface area (Å²) in [6, 6.07) is 12.8. The summed E-state index contributed by atoms with van der Waals surface area (Å²) in [7, 11) is 0. The molecule has 3 aromatic carbocycles. The summed E-state index contributed by atoms with van der Waals surface area (Å²) in [5.41, 5.74) is 3.72. The SMILES string of the molecule is NC(=O)CN1C(=O)OC(c2ccc(F)c(F)c2)(c2ccc(F)c(F)c2)C1c1ccccc1. The molecule has 1 saturated heterocycles. The number of benzene rings is 3. The lowest BCUT2D eigenvalue weighted by Gasteiger charge is -2.36. The summed E-state index contributed by atoms with van der Waals surface area (Å²) in [6.07, 6.45) is -0.993. The highest BCUT2D eigenvalue weighted by molar-refractivity contribution is 5.83. The maximum atomic E-state index is 14.3. The molecule has 1 aliphatic rings. The molecular weight excluding hydrogens is 428 g/mol. The van der Waals surface area contributed by atoms with Gasteiger partial charge in [0.1, 0.15) is 12.6 Å². The first kappa shape index (κ1) is 21.4. The number of ether oxygens (including phenoxy) is 1. The minimum atomic E-state index is -1.95. The summed E-state index contributed by atoms with van der Waals surface area (Å²) >= 11 is 0. The second kappa shape index (κ2) is 7.99. The lowest BCUT2D eigenvalue weighted by molar-refractivity contribution is -0.118. The molecule has 32 heavy (non-hydrogen) atoms. The largest absolute Gasteiger partial charge is 0.430 e. The standard InChI is InChI=1S/C23H16F4N2O3/c24-16-8-6-14(10-18(16)26)23(15-7-9-17(25)19(27)11-15)21(13-4-2-1-3-5-13)29(12-20(28)30)22(31)32-23/h1-11,21H,12H2,(H2,28,30). The van der Waals surface area contributed by atoms with E-state index in [0.29, 0.717) is 5.56 Å². The first-order valence-electron chi connectivity index (χ1n) is 9.48. The van der Waals surface area contributed by atoms with Gasteiger partial charge in [-0.3, -0.25) is 9.69 Å². The third-order valence-electron chi connectivity index (χ3n) is 5.32. The van der Waals surface area contributed by atoms with Crippen LogP contribution in [0.4, 0.5) is 22.4 Å². The highest BCUT2D eigenvalue weighted by atomic mass is 19.2. The molecule has 0 radical (unpaired) electrons. The third-order valence-corrected chi connectivity index (χ3v) is 5.32. The number of hydrogen-bond acceptors (Lipinski definition) is 3. The fraction of sp³-hybridized carbons (Fsp3) is 0.130. The molecule has 0 bridgehead atoms. The molecule has 2 N–H and O–H groups in total. The molecule has 9 heteroatoms. The topological polar surface area (TPSA) is 72.6 Å². The number of hydrogen-bond donors (Lipinski definition) is 1. The minimum absolute atomic E-state index is 0.0448. The van der Waals surface area contributed by atoms with E-state index in [-0.39, 0.29) is 11.1 Å². The number of halogens is 4. The van der Waals surface area contributed by atoms with Gasteiger partial charge in [-0.2, -0.15) is 0 Å². The average Bonchev–Trinajstić information content (AvgIpc) is 3.05. The molecule has 1 fully saturated rings. The highest BCUT2D eigenvalue weighted by Gasteiger charge is 2.57. The van der Waals surface area contributed by atoms with Crippen LogP contribution in [0.5, 0.6) is 0 Å². The number of amides is 2. The van der Waals surface area contributed by atoms with Gasteiger partial charge in [0.2, 0.25) is 5.91 Å². The van der Waals surface area contributed by atoms with Gasteiger partial charge in [0, 0.05) is 11.1 Å². The van der Waals surface area contributed by atoms with E-state index >= 15 is 0 Å². The van der Waals surface area contributed by atoms with Crippen LogP contribution in [0.1, 0.15) is 22.7 Å². The van der Waals surface area contributed by atoms with E-state index in [1.807, 2.05) is 0 Å². The number of nitrogens with two attached hydrogens (primary N) is 1. The van der Waals surface area contributed by atoms with Gasteiger partial charge in [-0.15, -0.1) is 0 Å². The van der Waals surface area contributed by atoms with Gasteiger partial charge >= 0.3 is 6.09 Å². The van der Waals surface area contributed by atoms with Crippen LogP contribution < -0.4 is 5.73 Å². The van der Waals surface area contributed by atoms with Crippen molar-refractivity contribution in [1.82, 2.24) is 4.90 Å². The van der Waals surface area contributed by atoms with Crippen LogP contribution in [0, 0.1) is 23.3 Å². The molecule has 1 aliphatic heterocycles. The minimum Gasteiger partial charge on any atom is -0.430 e. The molecule has 164 valence electrons. The van der Waals surface area contributed by atoms with Crippen molar-refractivity contribution in [2.45, 2.75) is 11.6 Å². The Morgan fingerprint density at radius 1 is 0.875 bits per heavy atom. The van der Waals surface area contributed by atoms with Crippen molar-refractivity contribution in [3.05, 3.63) is 107 Å². The van der Waals surface area contributed by atoms with E-state index in [0.717, 1.165) is 29.2 Å². The van der Waals surface area contributed by atoms with E-state index in [4.69, 9.17) is 10.5 Å². The molecule has 0 spiro atoms. The van der Waals surface area contributed by atoms with Gasteiger partial charge < -0.3 is 10.5 Å². The third kappa shape index (κ3) is 3.45. The van der Waals surface area contributed by atoms with Gasteiger partial charge in [0.05, 0.1) is 0 Å². The van der Waals surface area contributed by atoms with Crippen LogP contribution in [-0.2, 0) is 15.1 Å². The van der Waals surface area contributed by atoms with Crippen LogP contribution in [0.25, 0.3) is 0 Å². The van der Waals surface area contributed by atoms with Gasteiger partial charge in [-0.05, 0) is 29.8 Å². The fourth-order valence-electron chi connectivity index (χ4n) is 4.01. The maximum Gasteiger partial charge on any atom is 0.412 e. The Labute approximate surface area is 180 Å². The van der Waals surface area contributed by atoms with Crippen LogP contribution >= 0.6 is 0 Å². The lowest BCUT2D eigenvalue weighted by Crippen LogP contribution is -2.41. The zero-order chi connectivity index (χ0) is 23.0. The molecule has 5 nitrogen and oxygen atoms in total. The van der Waals surface area contributed by atoms with Crippen molar-refractivity contribution >= 4 is 12.0 Å². The lowest BCUT2D eigenvalue weighted by atomic mass is 9.77. The van der Waals surface area contributed by atoms with Crippen molar-refractivity contribution in [2.75, 3.05) is 6.54 Å². The second-order valence-corrected chi connectivity index (χ2v) is 7.27. The Kier molecular flexibility index (Phi) is 5.33. The van der Waals surface area contributed by atoms with Crippen molar-refractivity contribution in [2.24, 2.45) is 5.73 Å². The molecule has 2 amide bonds. The molecule has 0 aromatic heterocycles. The monoisotopic (exact) mass is 444 g/mol. The fourth-order valence-corrected chi connectivity index (χ4v) is 4.01. The Balaban J connectivity index is 2.06. The Morgan fingerprint density at radius 2 is 1.41 bits per heavy atom. The first-order valence-corrected chi connectivity index (χ1v) is 9.48. The molecule has 1 atom stereocenters. The smallest absolute Gasteiger partial charge is 0.412 e. The Bertz CT molecular complexity index is 1150. The quantitative estimate of drug-likeness (QED) is 0.601. The Morgan fingerprint density at radius 3 is 1.88 bits per heavy atom. The molecule has 0 aliphatic carbocycles. The highest BCUT2D eigenvalue weighted by Crippen LogP contribution is 2.52. The van der Waals surface area contributed by atoms with Gasteiger partial charge in [-0.25, -0.2) is 22.4 Å². The Hall–Kier alpha value is -3.88. The van der Waals surface area contributed by atoms with E-state index in [9.17, 15) is 27.2 Å². The van der Waals surface area contributed by atoms with Gasteiger partial charge in [0.25, 0.3) is 0 Å². The summed E-state index contributed by atoms with van der Waals surface area (Å²) < 4.78 is 61.6. The molecule has 1 heterocycles. The zero-order valence-electron chi connectivity index (χ0n) is 16.4. The van der Waals surface area contributed by atoms with Crippen LogP contribution in [0.3, 0.4) is 0 Å². The first-order chi connectivity index (χ1) is 15.2. The van der Waals surface area contributed by atoms with E-state index in [2.05, 4.69) is 0 Å². The predicted octanol–water partition coefficient (Wildman–Crippen LogP) is 4.17.